The molecule has 114 valence electrons. The summed E-state index contributed by atoms with van der Waals surface area (Å²) in [5.41, 5.74) is 1.71. The van der Waals surface area contributed by atoms with E-state index < -0.39 is 12.0 Å². The van der Waals surface area contributed by atoms with E-state index in [0.29, 0.717) is 0 Å². The van der Waals surface area contributed by atoms with Crippen molar-refractivity contribution in [3.05, 3.63) is 70.2 Å². The molecule has 2 N–H and O–H groups in total. The first kappa shape index (κ1) is 16.2. The third kappa shape index (κ3) is 5.00. The Morgan fingerprint density at radius 3 is 2.23 bits per heavy atom. The van der Waals surface area contributed by atoms with Crippen molar-refractivity contribution in [2.75, 3.05) is 0 Å². The van der Waals surface area contributed by atoms with E-state index in [1.165, 1.54) is 0 Å². The maximum Gasteiger partial charge on any atom is 0.326 e. The Labute approximate surface area is 137 Å². The first-order valence-corrected chi connectivity index (χ1v) is 7.64. The van der Waals surface area contributed by atoms with Gasteiger partial charge in [-0.15, -0.1) is 0 Å². The van der Waals surface area contributed by atoms with Crippen molar-refractivity contribution in [2.24, 2.45) is 0 Å². The maximum atomic E-state index is 12.0. The SMILES string of the molecule is O=C(Cc1ccccc1)N[C@@H](Cc1ccc(Br)cc1)C(=O)O. The van der Waals surface area contributed by atoms with Crippen molar-refractivity contribution in [1.82, 2.24) is 5.32 Å². The van der Waals surface area contributed by atoms with Crippen LogP contribution in [-0.4, -0.2) is 23.0 Å². The van der Waals surface area contributed by atoms with E-state index in [1.807, 2.05) is 54.6 Å². The molecule has 2 aromatic carbocycles. The molecule has 1 amide bonds. The molecule has 0 heterocycles. The van der Waals surface area contributed by atoms with Gasteiger partial charge in [0.1, 0.15) is 6.04 Å². The fourth-order valence-corrected chi connectivity index (χ4v) is 2.35. The minimum absolute atomic E-state index is 0.172. The van der Waals surface area contributed by atoms with Crippen molar-refractivity contribution in [3.63, 3.8) is 0 Å². The predicted molar refractivity (Wildman–Crippen MR) is 87.6 cm³/mol. The van der Waals surface area contributed by atoms with Gasteiger partial charge in [-0.1, -0.05) is 58.4 Å². The summed E-state index contributed by atoms with van der Waals surface area (Å²) in [5, 5.41) is 11.9. The zero-order chi connectivity index (χ0) is 15.9. The minimum Gasteiger partial charge on any atom is -0.480 e. The zero-order valence-corrected chi connectivity index (χ0v) is 13.4. The third-order valence-electron chi connectivity index (χ3n) is 3.19. The Kier molecular flexibility index (Phi) is 5.72. The van der Waals surface area contributed by atoms with E-state index in [4.69, 9.17) is 0 Å². The molecule has 22 heavy (non-hydrogen) atoms. The molecule has 0 radical (unpaired) electrons. The molecule has 0 aliphatic carbocycles. The van der Waals surface area contributed by atoms with Gasteiger partial charge in [0, 0.05) is 10.9 Å². The number of amides is 1. The van der Waals surface area contributed by atoms with Gasteiger partial charge in [-0.05, 0) is 23.3 Å². The standard InChI is InChI=1S/C17H16BrNO3/c18-14-8-6-13(7-9-14)10-15(17(21)22)19-16(20)11-12-4-2-1-3-5-12/h1-9,15H,10-11H2,(H,19,20)(H,21,22)/t15-/m0/s1. The summed E-state index contributed by atoms with van der Waals surface area (Å²) in [5.74, 6) is -1.33. The summed E-state index contributed by atoms with van der Waals surface area (Å²) < 4.78 is 0.927. The number of carbonyl (C=O) groups excluding carboxylic acids is 1. The number of halogens is 1. The van der Waals surface area contributed by atoms with Crippen LogP contribution in [0.4, 0.5) is 0 Å². The summed E-state index contributed by atoms with van der Waals surface area (Å²) in [4.78, 5) is 23.3. The fraction of sp³-hybridized carbons (Fsp3) is 0.176. The number of nitrogens with one attached hydrogen (secondary N) is 1. The smallest absolute Gasteiger partial charge is 0.326 e. The molecule has 0 aromatic heterocycles. The van der Waals surface area contributed by atoms with E-state index in [-0.39, 0.29) is 18.7 Å². The Hall–Kier alpha value is -2.14. The molecule has 0 unspecified atom stereocenters. The van der Waals surface area contributed by atoms with E-state index >= 15 is 0 Å². The molecular weight excluding hydrogens is 346 g/mol. The quantitative estimate of drug-likeness (QED) is 0.831. The molecule has 0 spiro atoms. The number of carbonyl (C=O) groups is 2. The van der Waals surface area contributed by atoms with Crippen LogP contribution in [0.1, 0.15) is 11.1 Å². The van der Waals surface area contributed by atoms with Gasteiger partial charge in [0.05, 0.1) is 6.42 Å². The Morgan fingerprint density at radius 1 is 1.00 bits per heavy atom. The molecule has 0 aliphatic heterocycles. The average Bonchev–Trinajstić information content (AvgIpc) is 2.49. The molecule has 1 atom stereocenters. The summed E-state index contributed by atoms with van der Waals surface area (Å²) in [6, 6.07) is 15.7. The molecular formula is C17H16BrNO3. The first-order chi connectivity index (χ1) is 10.5. The number of hydrogen-bond acceptors (Lipinski definition) is 2. The average molecular weight is 362 g/mol. The van der Waals surface area contributed by atoms with Gasteiger partial charge < -0.3 is 10.4 Å². The Morgan fingerprint density at radius 2 is 1.64 bits per heavy atom. The van der Waals surface area contributed by atoms with Crippen molar-refractivity contribution in [2.45, 2.75) is 18.9 Å². The first-order valence-electron chi connectivity index (χ1n) is 6.85. The Bertz CT molecular complexity index is 641. The van der Waals surface area contributed by atoms with Crippen LogP contribution in [0.15, 0.2) is 59.1 Å². The number of carboxylic acids is 1. The lowest BCUT2D eigenvalue weighted by Crippen LogP contribution is -2.43. The predicted octanol–water partition coefficient (Wildman–Crippen LogP) is 2.80. The van der Waals surface area contributed by atoms with Crippen LogP contribution in [0.5, 0.6) is 0 Å². The van der Waals surface area contributed by atoms with Crippen LogP contribution in [-0.2, 0) is 22.4 Å². The van der Waals surface area contributed by atoms with Crippen LogP contribution in [0.25, 0.3) is 0 Å². The van der Waals surface area contributed by atoms with Crippen LogP contribution in [0.2, 0.25) is 0 Å². The van der Waals surface area contributed by atoms with Gasteiger partial charge in [0.25, 0.3) is 0 Å². The maximum absolute atomic E-state index is 12.0. The number of benzene rings is 2. The molecule has 0 aliphatic rings. The lowest BCUT2D eigenvalue weighted by molar-refractivity contribution is -0.141. The molecule has 2 aromatic rings. The topological polar surface area (TPSA) is 66.4 Å². The minimum atomic E-state index is -1.04. The zero-order valence-electron chi connectivity index (χ0n) is 11.8. The van der Waals surface area contributed by atoms with Gasteiger partial charge in [-0.25, -0.2) is 4.79 Å². The number of carboxylic acid groups (broad SMARTS) is 1. The molecule has 5 heteroatoms. The van der Waals surface area contributed by atoms with Gasteiger partial charge in [-0.2, -0.15) is 0 Å². The molecule has 2 rings (SSSR count). The van der Waals surface area contributed by atoms with Gasteiger partial charge in [0.15, 0.2) is 0 Å². The number of aliphatic carboxylic acids is 1. The molecule has 0 saturated heterocycles. The van der Waals surface area contributed by atoms with Gasteiger partial charge in [-0.3, -0.25) is 4.79 Å². The summed E-state index contributed by atoms with van der Waals surface area (Å²) >= 11 is 3.33. The second-order valence-corrected chi connectivity index (χ2v) is 5.87. The fourth-order valence-electron chi connectivity index (χ4n) is 2.08. The van der Waals surface area contributed by atoms with E-state index in [0.717, 1.165) is 15.6 Å². The Balaban J connectivity index is 1.98. The highest BCUT2D eigenvalue weighted by molar-refractivity contribution is 9.10. The molecule has 0 bridgehead atoms. The highest BCUT2D eigenvalue weighted by Crippen LogP contribution is 2.12. The monoisotopic (exact) mass is 361 g/mol. The molecule has 0 saturated carbocycles. The van der Waals surface area contributed by atoms with Crippen molar-refractivity contribution in [3.8, 4) is 0 Å². The summed E-state index contributed by atoms with van der Waals surface area (Å²) in [6.45, 7) is 0. The van der Waals surface area contributed by atoms with Crippen molar-refractivity contribution in [1.29, 1.82) is 0 Å². The second-order valence-electron chi connectivity index (χ2n) is 4.95. The van der Waals surface area contributed by atoms with Crippen molar-refractivity contribution >= 4 is 27.8 Å². The number of rotatable bonds is 6. The van der Waals surface area contributed by atoms with Gasteiger partial charge in [0.2, 0.25) is 5.91 Å². The lowest BCUT2D eigenvalue weighted by atomic mass is 10.1. The summed E-state index contributed by atoms with van der Waals surface area (Å²) in [6.07, 6.45) is 0.425. The van der Waals surface area contributed by atoms with Crippen LogP contribution in [0, 0.1) is 0 Å². The van der Waals surface area contributed by atoms with Crippen molar-refractivity contribution < 1.29 is 14.7 Å². The number of hydrogen-bond donors (Lipinski definition) is 2. The highest BCUT2D eigenvalue weighted by atomic mass is 79.9. The lowest BCUT2D eigenvalue weighted by Gasteiger charge is -2.15. The van der Waals surface area contributed by atoms with Crippen LogP contribution < -0.4 is 5.32 Å². The third-order valence-corrected chi connectivity index (χ3v) is 3.72. The van der Waals surface area contributed by atoms with Crippen LogP contribution in [0.3, 0.4) is 0 Å². The van der Waals surface area contributed by atoms with E-state index in [1.54, 1.807) is 0 Å². The van der Waals surface area contributed by atoms with E-state index in [9.17, 15) is 14.7 Å². The van der Waals surface area contributed by atoms with E-state index in [2.05, 4.69) is 21.2 Å². The second kappa shape index (κ2) is 7.75. The van der Waals surface area contributed by atoms with Crippen LogP contribution >= 0.6 is 15.9 Å². The van der Waals surface area contributed by atoms with Gasteiger partial charge >= 0.3 is 5.97 Å². The summed E-state index contributed by atoms with van der Waals surface area (Å²) in [7, 11) is 0. The largest absolute Gasteiger partial charge is 0.480 e. The normalized spacial score (nSPS) is 11.7. The molecule has 4 nitrogen and oxygen atoms in total. The molecule has 0 fully saturated rings. The highest BCUT2D eigenvalue weighted by Gasteiger charge is 2.20.